The number of nitrogens with one attached hydrogen (secondary N) is 2. The molecule has 2 aliphatic heterocycles. The van der Waals surface area contributed by atoms with Gasteiger partial charge in [-0.3, -0.25) is 24.9 Å². The Morgan fingerprint density at radius 2 is 1.92 bits per heavy atom. The number of imide groups is 1. The lowest BCUT2D eigenvalue weighted by molar-refractivity contribution is -0.124. The number of fused-ring (bicyclic) bond motifs is 1. The molecule has 5 rings (SSSR count). The van der Waals surface area contributed by atoms with Gasteiger partial charge in [-0.25, -0.2) is 4.79 Å². The number of aliphatic hydroxyl groups is 1. The van der Waals surface area contributed by atoms with Crippen molar-refractivity contribution in [3.05, 3.63) is 77.7 Å². The molecule has 0 spiro atoms. The topological polar surface area (TPSA) is 134 Å². The van der Waals surface area contributed by atoms with E-state index in [2.05, 4.69) is 32.4 Å². The first-order chi connectivity index (χ1) is 17.5. The molecule has 0 bridgehead atoms. The smallest absolute Gasteiger partial charge is 0.322 e. The Morgan fingerprint density at radius 3 is 2.61 bits per heavy atom. The van der Waals surface area contributed by atoms with Crippen molar-refractivity contribution in [2.75, 3.05) is 19.8 Å². The number of benzene rings is 2. The zero-order valence-electron chi connectivity index (χ0n) is 19.0. The average molecular weight is 483 g/mol. The predicted octanol–water partition coefficient (Wildman–Crippen LogP) is 1.21. The highest BCUT2D eigenvalue weighted by Crippen LogP contribution is 2.33. The second-order valence-electron chi connectivity index (χ2n) is 8.26. The summed E-state index contributed by atoms with van der Waals surface area (Å²) in [4.78, 5) is 48.4. The number of carbonyl (C=O) groups excluding carboxylic acids is 3. The van der Waals surface area contributed by atoms with Crippen molar-refractivity contribution in [3.63, 3.8) is 0 Å². The maximum Gasteiger partial charge on any atom is 0.322 e. The highest BCUT2D eigenvalue weighted by molar-refractivity contribution is 6.08. The van der Waals surface area contributed by atoms with Crippen LogP contribution in [0.5, 0.6) is 5.75 Å². The first kappa shape index (κ1) is 23.0. The van der Waals surface area contributed by atoms with Crippen LogP contribution < -0.4 is 15.4 Å². The lowest BCUT2D eigenvalue weighted by Gasteiger charge is -2.31. The van der Waals surface area contributed by atoms with E-state index in [0.717, 1.165) is 11.1 Å². The Morgan fingerprint density at radius 1 is 1.08 bits per heavy atom. The highest BCUT2D eigenvalue weighted by atomic mass is 16.5. The van der Waals surface area contributed by atoms with E-state index < -0.39 is 17.5 Å². The van der Waals surface area contributed by atoms with Gasteiger partial charge in [-0.05, 0) is 23.3 Å². The van der Waals surface area contributed by atoms with Crippen molar-refractivity contribution in [1.82, 2.24) is 25.5 Å². The molecule has 1 aromatic heterocycles. The lowest BCUT2D eigenvalue weighted by Crippen LogP contribution is -2.52. The Kier molecular flexibility index (Phi) is 6.06. The Balaban J connectivity index is 1.40. The average Bonchev–Trinajstić information content (AvgIpc) is 3.37. The van der Waals surface area contributed by atoms with Crippen molar-refractivity contribution in [2.45, 2.75) is 12.1 Å². The van der Waals surface area contributed by atoms with Gasteiger partial charge < -0.3 is 20.1 Å². The number of ether oxygens (including phenoxy) is 1. The van der Waals surface area contributed by atoms with Crippen molar-refractivity contribution in [2.24, 2.45) is 0 Å². The summed E-state index contributed by atoms with van der Waals surface area (Å²) < 4.78 is 5.53. The minimum Gasteiger partial charge on any atom is -0.481 e. The number of nitrogens with zero attached hydrogens (tertiary/aromatic N) is 3. The summed E-state index contributed by atoms with van der Waals surface area (Å²) >= 11 is 0. The van der Waals surface area contributed by atoms with E-state index in [1.165, 1.54) is 4.90 Å². The van der Waals surface area contributed by atoms with E-state index in [1.807, 2.05) is 0 Å². The first-order valence-corrected chi connectivity index (χ1v) is 11.1. The van der Waals surface area contributed by atoms with Crippen LogP contribution in [0.25, 0.3) is 11.3 Å². The number of urea groups is 1. The first-order valence-electron chi connectivity index (χ1n) is 11.1. The second kappa shape index (κ2) is 9.48. The fraction of sp³-hybridized carbons (Fsp3) is 0.192. The van der Waals surface area contributed by atoms with Gasteiger partial charge in [-0.15, -0.1) is 0 Å². The zero-order chi connectivity index (χ0) is 25.1. The molecule has 10 nitrogen and oxygen atoms in total. The maximum atomic E-state index is 13.3. The van der Waals surface area contributed by atoms with Gasteiger partial charge in [-0.2, -0.15) is 0 Å². The van der Waals surface area contributed by atoms with Crippen LogP contribution in [0.15, 0.2) is 61.1 Å². The van der Waals surface area contributed by atoms with Crippen LogP contribution in [-0.4, -0.2) is 57.6 Å². The normalized spacial score (nSPS) is 18.2. The maximum absolute atomic E-state index is 13.3. The van der Waals surface area contributed by atoms with Gasteiger partial charge in [0.25, 0.3) is 11.8 Å². The number of rotatable bonds is 6. The van der Waals surface area contributed by atoms with Gasteiger partial charge in [0, 0.05) is 30.1 Å². The SMILES string of the molecule is O=C1NC(=O)[C@](CN2Cc3ccc(OCC#CCO)cc3C2=O)(c2ccc(-c3cnccn3)cc2)N1. The van der Waals surface area contributed by atoms with E-state index >= 15 is 0 Å². The standard InChI is InChI=1S/C26H21N5O5/c32-11-1-2-12-36-20-8-5-18-15-31(23(33)21(18)13-20)16-26(24(34)29-25(35)30-26)19-6-3-17(4-7-19)22-14-27-9-10-28-22/h3-10,13-14,32H,11-12,15-16H2,(H2,29,30,34,35)/t26-/m0/s1. The molecule has 0 radical (unpaired) electrons. The third-order valence-corrected chi connectivity index (χ3v) is 6.08. The molecule has 4 amide bonds. The minimum atomic E-state index is -1.45. The molecular weight excluding hydrogens is 462 g/mol. The van der Waals surface area contributed by atoms with Crippen LogP contribution in [0.3, 0.4) is 0 Å². The molecule has 36 heavy (non-hydrogen) atoms. The monoisotopic (exact) mass is 483 g/mol. The van der Waals surface area contributed by atoms with Gasteiger partial charge in [0.2, 0.25) is 0 Å². The number of hydrogen-bond donors (Lipinski definition) is 3. The van der Waals surface area contributed by atoms with Crippen LogP contribution >= 0.6 is 0 Å². The van der Waals surface area contributed by atoms with Crippen molar-refractivity contribution in [1.29, 1.82) is 0 Å². The van der Waals surface area contributed by atoms with Crippen LogP contribution in [-0.2, 0) is 16.9 Å². The molecule has 3 N–H and O–H groups in total. The highest BCUT2D eigenvalue weighted by Gasteiger charge is 2.50. The molecule has 1 saturated heterocycles. The fourth-order valence-corrected chi connectivity index (χ4v) is 4.34. The number of carbonyl (C=O) groups is 3. The largest absolute Gasteiger partial charge is 0.481 e. The molecule has 3 heterocycles. The molecule has 2 aromatic carbocycles. The molecule has 180 valence electrons. The molecule has 1 atom stereocenters. The third-order valence-electron chi connectivity index (χ3n) is 6.08. The Labute approximate surface area is 206 Å². The summed E-state index contributed by atoms with van der Waals surface area (Å²) in [5, 5.41) is 13.8. The van der Waals surface area contributed by atoms with Gasteiger partial charge >= 0.3 is 6.03 Å². The minimum absolute atomic E-state index is 0.0548. The number of aromatic nitrogens is 2. The number of hydrogen-bond acceptors (Lipinski definition) is 7. The summed E-state index contributed by atoms with van der Waals surface area (Å²) in [7, 11) is 0. The molecule has 2 aliphatic rings. The van der Waals surface area contributed by atoms with E-state index in [1.54, 1.807) is 61.1 Å². The number of amides is 4. The Bertz CT molecular complexity index is 1400. The molecule has 1 fully saturated rings. The van der Waals surface area contributed by atoms with Crippen molar-refractivity contribution in [3.8, 4) is 28.8 Å². The summed E-state index contributed by atoms with van der Waals surface area (Å²) in [6, 6.07) is 11.6. The molecule has 10 heteroatoms. The van der Waals surface area contributed by atoms with Gasteiger partial charge in [0.05, 0.1) is 18.4 Å². The summed E-state index contributed by atoms with van der Waals surface area (Å²) in [6.45, 7) is 0.0508. The van der Waals surface area contributed by atoms with Crippen molar-refractivity contribution >= 4 is 17.8 Å². The van der Waals surface area contributed by atoms with E-state index in [0.29, 0.717) is 22.6 Å². The van der Waals surface area contributed by atoms with Crippen LogP contribution in [0, 0.1) is 11.8 Å². The third kappa shape index (κ3) is 4.23. The molecule has 3 aromatic rings. The molecular formula is C26H21N5O5. The van der Waals surface area contributed by atoms with Crippen molar-refractivity contribution < 1.29 is 24.2 Å². The van der Waals surface area contributed by atoms with E-state index in [-0.39, 0.29) is 32.2 Å². The summed E-state index contributed by atoms with van der Waals surface area (Å²) in [6.07, 6.45) is 4.80. The van der Waals surface area contributed by atoms with Crippen LogP contribution in [0.1, 0.15) is 21.5 Å². The van der Waals surface area contributed by atoms with Gasteiger partial charge in [0.1, 0.15) is 19.0 Å². The summed E-state index contributed by atoms with van der Waals surface area (Å²) in [5.74, 6) is 4.81. The Hall–Kier alpha value is -4.75. The second-order valence-corrected chi connectivity index (χ2v) is 8.26. The molecule has 0 saturated carbocycles. The molecule has 0 aliphatic carbocycles. The fourth-order valence-electron chi connectivity index (χ4n) is 4.34. The van der Waals surface area contributed by atoms with E-state index in [9.17, 15) is 14.4 Å². The van der Waals surface area contributed by atoms with E-state index in [4.69, 9.17) is 9.84 Å². The van der Waals surface area contributed by atoms with Crippen LogP contribution in [0.2, 0.25) is 0 Å². The number of aliphatic hydroxyl groups excluding tert-OH is 1. The van der Waals surface area contributed by atoms with Gasteiger partial charge in [-0.1, -0.05) is 42.2 Å². The summed E-state index contributed by atoms with van der Waals surface area (Å²) in [5.41, 5.74) is 1.80. The van der Waals surface area contributed by atoms with Gasteiger partial charge in [0.15, 0.2) is 5.54 Å². The predicted molar refractivity (Wildman–Crippen MR) is 127 cm³/mol. The lowest BCUT2D eigenvalue weighted by atomic mass is 9.88. The molecule has 0 unspecified atom stereocenters. The zero-order valence-corrected chi connectivity index (χ0v) is 19.0. The van der Waals surface area contributed by atoms with Crippen LogP contribution in [0.4, 0.5) is 4.79 Å². The quantitative estimate of drug-likeness (QED) is 0.354.